The maximum Gasteiger partial charge on any atom is 0.497 e. The molecule has 1 amide bonds. The van der Waals surface area contributed by atoms with Gasteiger partial charge in [-0.15, -0.1) is 0 Å². The fourth-order valence-electron chi connectivity index (χ4n) is 0.496. The molecule has 0 aliphatic heterocycles. The van der Waals surface area contributed by atoms with Crippen molar-refractivity contribution >= 4 is 15.7 Å². The number of hydrogen-bond donors (Lipinski definition) is 1. The fraction of sp³-hybridized carbons (Fsp3) is 0.500. The number of nitrogens with one attached hydrogen (secondary N) is 1. The second-order valence-electron chi connectivity index (χ2n) is 2.26. The van der Waals surface area contributed by atoms with Crippen LogP contribution in [0.15, 0.2) is 12.7 Å². The summed E-state index contributed by atoms with van der Waals surface area (Å²) in [7, 11) is -5.15. The fourth-order valence-corrected chi connectivity index (χ4v) is 1.10. The van der Waals surface area contributed by atoms with Gasteiger partial charge in [-0.05, 0) is 6.08 Å². The summed E-state index contributed by atoms with van der Waals surface area (Å²) in [6.45, 7) is 2.45. The zero-order chi connectivity index (χ0) is 11.4. The molecule has 4 nitrogen and oxygen atoms in total. The van der Waals surface area contributed by atoms with Gasteiger partial charge >= 0.3 is 5.51 Å². The number of sulfone groups is 1. The Morgan fingerprint density at radius 1 is 1.43 bits per heavy atom. The van der Waals surface area contributed by atoms with Crippen LogP contribution < -0.4 is 5.32 Å². The third-order valence-electron chi connectivity index (χ3n) is 1.21. The summed E-state index contributed by atoms with van der Waals surface area (Å²) in [5.74, 6) is -1.89. The van der Waals surface area contributed by atoms with Crippen LogP contribution >= 0.6 is 0 Å². The maximum absolute atomic E-state index is 11.7. The zero-order valence-electron chi connectivity index (χ0n) is 6.97. The normalized spacial score (nSPS) is 12.2. The zero-order valence-corrected chi connectivity index (χ0v) is 7.78. The molecule has 0 radical (unpaired) electrons. The quantitative estimate of drug-likeness (QED) is 0.704. The lowest BCUT2D eigenvalue weighted by atomic mass is 10.6. The SMILES string of the molecule is C=CC(=O)NCCS(=O)(=O)C(F)(F)F. The molecule has 0 rings (SSSR count). The Kier molecular flexibility index (Phi) is 4.11. The molecule has 0 saturated heterocycles. The maximum atomic E-state index is 11.7. The summed E-state index contributed by atoms with van der Waals surface area (Å²) in [6, 6.07) is 0. The van der Waals surface area contributed by atoms with E-state index in [-0.39, 0.29) is 0 Å². The Morgan fingerprint density at radius 3 is 2.29 bits per heavy atom. The van der Waals surface area contributed by atoms with Crippen molar-refractivity contribution in [1.82, 2.24) is 5.32 Å². The predicted molar refractivity (Wildman–Crippen MR) is 43.0 cm³/mol. The van der Waals surface area contributed by atoms with Crippen molar-refractivity contribution in [3.05, 3.63) is 12.7 Å². The molecule has 0 aromatic rings. The topological polar surface area (TPSA) is 63.2 Å². The Hall–Kier alpha value is -1.05. The van der Waals surface area contributed by atoms with E-state index in [2.05, 4.69) is 6.58 Å². The van der Waals surface area contributed by atoms with E-state index in [0.717, 1.165) is 6.08 Å². The molecule has 0 heterocycles. The molecule has 0 saturated carbocycles. The summed E-state index contributed by atoms with van der Waals surface area (Å²) in [5, 5.41) is 1.92. The number of alkyl halides is 3. The summed E-state index contributed by atoms with van der Waals surface area (Å²) in [4.78, 5) is 10.4. The van der Waals surface area contributed by atoms with Gasteiger partial charge in [0, 0.05) is 6.54 Å². The van der Waals surface area contributed by atoms with E-state index < -0.39 is 33.6 Å². The lowest BCUT2D eigenvalue weighted by molar-refractivity contribution is -0.116. The molecule has 0 atom stereocenters. The minimum absolute atomic E-state index is 0.591. The molecule has 1 N–H and O–H groups in total. The Labute approximate surface area is 78.7 Å². The first kappa shape index (κ1) is 12.9. The molecule has 0 aromatic heterocycles. The van der Waals surface area contributed by atoms with Crippen LogP contribution in [-0.4, -0.2) is 32.1 Å². The number of rotatable bonds is 4. The van der Waals surface area contributed by atoms with Crippen molar-refractivity contribution in [2.24, 2.45) is 0 Å². The third kappa shape index (κ3) is 3.77. The molecular weight excluding hydrogens is 223 g/mol. The van der Waals surface area contributed by atoms with E-state index in [1.54, 1.807) is 0 Å². The van der Waals surface area contributed by atoms with Gasteiger partial charge in [0.1, 0.15) is 0 Å². The first-order valence-corrected chi connectivity index (χ1v) is 5.05. The van der Waals surface area contributed by atoms with Crippen LogP contribution in [0.3, 0.4) is 0 Å². The monoisotopic (exact) mass is 231 g/mol. The van der Waals surface area contributed by atoms with Gasteiger partial charge in [0.2, 0.25) is 15.7 Å². The third-order valence-corrected chi connectivity index (χ3v) is 2.65. The Morgan fingerprint density at radius 2 is 1.93 bits per heavy atom. The lowest BCUT2D eigenvalue weighted by Gasteiger charge is -2.07. The minimum atomic E-state index is -5.27. The van der Waals surface area contributed by atoms with Crippen LogP contribution in [-0.2, 0) is 14.6 Å². The number of carbonyl (C=O) groups is 1. The van der Waals surface area contributed by atoms with Crippen LogP contribution in [0.2, 0.25) is 0 Å². The van der Waals surface area contributed by atoms with Crippen molar-refractivity contribution < 1.29 is 26.4 Å². The minimum Gasteiger partial charge on any atom is -0.352 e. The van der Waals surface area contributed by atoms with E-state index >= 15 is 0 Å². The highest BCUT2D eigenvalue weighted by molar-refractivity contribution is 7.92. The highest BCUT2D eigenvalue weighted by Crippen LogP contribution is 2.23. The van der Waals surface area contributed by atoms with Crippen LogP contribution in [0.4, 0.5) is 13.2 Å². The van der Waals surface area contributed by atoms with Gasteiger partial charge in [-0.25, -0.2) is 8.42 Å². The first-order valence-electron chi connectivity index (χ1n) is 3.40. The Bertz CT molecular complexity index is 320. The van der Waals surface area contributed by atoms with E-state index in [0.29, 0.717) is 0 Å². The average Bonchev–Trinajstić information content (AvgIpc) is 2.01. The lowest BCUT2D eigenvalue weighted by Crippen LogP contribution is -2.33. The van der Waals surface area contributed by atoms with Gasteiger partial charge in [0.25, 0.3) is 0 Å². The molecule has 8 heteroatoms. The molecule has 0 aliphatic carbocycles. The number of amides is 1. The number of carbonyl (C=O) groups excluding carboxylic acids is 1. The van der Waals surface area contributed by atoms with Crippen LogP contribution in [0.5, 0.6) is 0 Å². The van der Waals surface area contributed by atoms with Gasteiger partial charge < -0.3 is 5.32 Å². The van der Waals surface area contributed by atoms with Gasteiger partial charge in [0.05, 0.1) is 5.75 Å². The van der Waals surface area contributed by atoms with Gasteiger partial charge in [-0.2, -0.15) is 13.2 Å². The van der Waals surface area contributed by atoms with Crippen molar-refractivity contribution in [2.75, 3.05) is 12.3 Å². The second-order valence-corrected chi connectivity index (χ2v) is 4.36. The summed E-state index contributed by atoms with van der Waals surface area (Å²) in [6.07, 6.45) is 0.834. The summed E-state index contributed by atoms with van der Waals surface area (Å²) >= 11 is 0. The van der Waals surface area contributed by atoms with E-state index in [1.165, 1.54) is 0 Å². The van der Waals surface area contributed by atoms with Crippen LogP contribution in [0, 0.1) is 0 Å². The van der Waals surface area contributed by atoms with Crippen LogP contribution in [0.1, 0.15) is 0 Å². The molecule has 0 spiro atoms. The van der Waals surface area contributed by atoms with Gasteiger partial charge in [-0.1, -0.05) is 6.58 Å². The van der Waals surface area contributed by atoms with E-state index in [9.17, 15) is 26.4 Å². The molecule has 0 unspecified atom stereocenters. The first-order chi connectivity index (χ1) is 6.20. The molecule has 0 aliphatic rings. The molecule has 82 valence electrons. The highest BCUT2D eigenvalue weighted by Gasteiger charge is 2.44. The molecular formula is C6H8F3NO3S. The summed E-state index contributed by atoms with van der Waals surface area (Å²) in [5.41, 5.74) is -5.27. The van der Waals surface area contributed by atoms with E-state index in [4.69, 9.17) is 0 Å². The van der Waals surface area contributed by atoms with Crippen molar-refractivity contribution in [2.45, 2.75) is 5.51 Å². The number of halogens is 3. The molecule has 0 bridgehead atoms. The summed E-state index contributed by atoms with van der Waals surface area (Å²) < 4.78 is 56.0. The predicted octanol–water partition coefficient (Wildman–Crippen LogP) is 0.223. The van der Waals surface area contributed by atoms with Gasteiger partial charge in [-0.3, -0.25) is 4.79 Å². The van der Waals surface area contributed by atoms with Crippen molar-refractivity contribution in [1.29, 1.82) is 0 Å². The molecule has 14 heavy (non-hydrogen) atoms. The van der Waals surface area contributed by atoms with Crippen molar-refractivity contribution in [3.8, 4) is 0 Å². The average molecular weight is 231 g/mol. The van der Waals surface area contributed by atoms with Crippen LogP contribution in [0.25, 0.3) is 0 Å². The Balaban J connectivity index is 4.16. The molecule has 0 fully saturated rings. The second kappa shape index (κ2) is 4.45. The van der Waals surface area contributed by atoms with Crippen molar-refractivity contribution in [3.63, 3.8) is 0 Å². The molecule has 0 aromatic carbocycles. The van der Waals surface area contributed by atoms with Gasteiger partial charge in [0.15, 0.2) is 0 Å². The highest BCUT2D eigenvalue weighted by atomic mass is 32.2. The van der Waals surface area contributed by atoms with E-state index in [1.807, 2.05) is 5.32 Å². The largest absolute Gasteiger partial charge is 0.497 e. The smallest absolute Gasteiger partial charge is 0.352 e. The standard InChI is InChI=1S/C6H8F3NO3S/c1-2-5(11)10-3-4-14(12,13)6(7,8)9/h2H,1,3-4H2,(H,10,11). The number of hydrogen-bond acceptors (Lipinski definition) is 3.